The average Bonchev–Trinajstić information content (AvgIpc) is 3.42. The summed E-state index contributed by atoms with van der Waals surface area (Å²) in [4.78, 5) is 57.2. The van der Waals surface area contributed by atoms with Crippen LogP contribution < -0.4 is 11.2 Å². The molecule has 1 atom stereocenters. The number of primary amides is 1. The van der Waals surface area contributed by atoms with Crippen molar-refractivity contribution in [2.24, 2.45) is 5.73 Å². The van der Waals surface area contributed by atoms with Gasteiger partial charge in [0.15, 0.2) is 0 Å². The van der Waals surface area contributed by atoms with Crippen LogP contribution in [0.25, 0.3) is 11.3 Å². The van der Waals surface area contributed by atoms with Crippen LogP contribution >= 0.6 is 0 Å². The number of carbonyl (C=O) groups is 4. The molecular weight excluding hydrogens is 486 g/mol. The van der Waals surface area contributed by atoms with E-state index in [4.69, 9.17) is 10.5 Å². The van der Waals surface area contributed by atoms with Crippen molar-refractivity contribution in [1.82, 2.24) is 20.4 Å². The number of rotatable bonds is 12. The van der Waals surface area contributed by atoms with Gasteiger partial charge in [0.2, 0.25) is 11.8 Å². The number of hydrogen-bond acceptors (Lipinski definition) is 6. The Kier molecular flexibility index (Phi) is 10.3. The molecule has 0 unspecified atom stereocenters. The van der Waals surface area contributed by atoms with Crippen LogP contribution in [0.5, 0.6) is 0 Å². The molecule has 3 aromatic rings. The van der Waals surface area contributed by atoms with Crippen LogP contribution in [-0.2, 0) is 25.5 Å². The third kappa shape index (κ3) is 8.44. The van der Waals surface area contributed by atoms with E-state index in [1.807, 2.05) is 36.4 Å². The molecule has 0 bridgehead atoms. The summed E-state index contributed by atoms with van der Waals surface area (Å²) in [6.07, 6.45) is 6.45. The van der Waals surface area contributed by atoms with Crippen LogP contribution in [0.15, 0.2) is 79.1 Å². The number of hydrazine groups is 1. The van der Waals surface area contributed by atoms with Gasteiger partial charge in [-0.2, -0.15) is 0 Å². The summed E-state index contributed by atoms with van der Waals surface area (Å²) in [5.41, 5.74) is 10.6. The highest BCUT2D eigenvalue weighted by Crippen LogP contribution is 2.18. The van der Waals surface area contributed by atoms with E-state index in [-0.39, 0.29) is 31.6 Å². The van der Waals surface area contributed by atoms with Gasteiger partial charge in [-0.1, -0.05) is 36.4 Å². The highest BCUT2D eigenvalue weighted by molar-refractivity contribution is 5.95. The van der Waals surface area contributed by atoms with E-state index in [1.54, 1.807) is 37.5 Å². The van der Waals surface area contributed by atoms with Gasteiger partial charge in [-0.15, -0.1) is 0 Å². The monoisotopic (exact) mass is 517 g/mol. The zero-order valence-corrected chi connectivity index (χ0v) is 21.1. The Morgan fingerprint density at radius 3 is 2.55 bits per heavy atom. The van der Waals surface area contributed by atoms with Gasteiger partial charge in [0.25, 0.3) is 5.91 Å². The molecule has 0 spiro atoms. The van der Waals surface area contributed by atoms with Crippen molar-refractivity contribution in [3.05, 3.63) is 90.4 Å². The summed E-state index contributed by atoms with van der Waals surface area (Å²) < 4.78 is 4.94. The lowest BCUT2D eigenvalue weighted by Gasteiger charge is -2.30. The molecule has 10 heteroatoms. The van der Waals surface area contributed by atoms with E-state index in [0.717, 1.165) is 16.1 Å². The largest absolute Gasteiger partial charge is 0.463 e. The van der Waals surface area contributed by atoms with Gasteiger partial charge in [0.1, 0.15) is 5.69 Å². The molecule has 10 nitrogen and oxygen atoms in total. The maximum absolute atomic E-state index is 13.4. The highest BCUT2D eigenvalue weighted by atomic mass is 16.5. The number of pyridine rings is 1. The van der Waals surface area contributed by atoms with Crippen molar-refractivity contribution < 1.29 is 23.9 Å². The summed E-state index contributed by atoms with van der Waals surface area (Å²) >= 11 is 0. The molecule has 198 valence electrons. The lowest BCUT2D eigenvalue weighted by molar-refractivity contribution is -0.138. The van der Waals surface area contributed by atoms with Gasteiger partial charge >= 0.3 is 5.97 Å². The van der Waals surface area contributed by atoms with E-state index in [2.05, 4.69) is 15.4 Å². The zero-order chi connectivity index (χ0) is 27.3. The molecule has 4 N–H and O–H groups in total. The number of ether oxygens (including phenoxy) is 1. The van der Waals surface area contributed by atoms with Crippen LogP contribution in [0.2, 0.25) is 0 Å². The maximum atomic E-state index is 13.4. The number of benzene rings is 1. The number of nitrogens with zero attached hydrogens (tertiary/aromatic N) is 2. The molecule has 2 heterocycles. The van der Waals surface area contributed by atoms with Crippen LogP contribution in [0.3, 0.4) is 0 Å². The molecule has 38 heavy (non-hydrogen) atoms. The quantitative estimate of drug-likeness (QED) is 0.191. The number of carbonyl (C=O) groups excluding carboxylic acids is 4. The molecule has 0 aliphatic carbocycles. The average molecular weight is 518 g/mol. The van der Waals surface area contributed by atoms with Crippen molar-refractivity contribution in [3.8, 4) is 11.3 Å². The SMILES string of the molecule is CCOC(=O)C=C[C@H](CCC(N)=O)N(NC(=O)c1ccc(-c2cccnc2)[nH]1)C(=O)CCc1ccccc1. The molecule has 0 radical (unpaired) electrons. The molecule has 0 aliphatic heterocycles. The van der Waals surface area contributed by atoms with E-state index in [0.29, 0.717) is 12.1 Å². The standard InChI is InChI=1S/C28H31N5O5/c1-2-38-27(36)17-12-22(11-15-25(29)34)33(26(35)16-10-20-7-4-3-5-8-20)32-28(37)24-14-13-23(31-24)21-9-6-18-30-19-21/h3-9,12-14,17-19,22,31H,2,10-11,15-16H2,1H3,(H2,29,34)(H,32,37)/t22-/m0/s1. The van der Waals surface area contributed by atoms with Crippen molar-refractivity contribution in [1.29, 1.82) is 0 Å². The van der Waals surface area contributed by atoms with Gasteiger partial charge in [-0.25, -0.2) is 9.80 Å². The molecule has 0 aliphatic rings. The van der Waals surface area contributed by atoms with E-state index in [1.165, 1.54) is 12.2 Å². The van der Waals surface area contributed by atoms with Gasteiger partial charge in [0.05, 0.1) is 12.6 Å². The summed E-state index contributed by atoms with van der Waals surface area (Å²) in [5, 5.41) is 1.15. The predicted molar refractivity (Wildman–Crippen MR) is 141 cm³/mol. The number of esters is 1. The van der Waals surface area contributed by atoms with Crippen LogP contribution in [-0.4, -0.2) is 51.3 Å². The first-order valence-corrected chi connectivity index (χ1v) is 12.3. The number of nitrogens with two attached hydrogens (primary N) is 1. The molecule has 0 saturated heterocycles. The topological polar surface area (TPSA) is 147 Å². The zero-order valence-electron chi connectivity index (χ0n) is 21.1. The second-order valence-corrected chi connectivity index (χ2v) is 8.40. The van der Waals surface area contributed by atoms with Crippen LogP contribution in [0.4, 0.5) is 0 Å². The Hall–Kier alpha value is -4.73. The van der Waals surface area contributed by atoms with E-state index in [9.17, 15) is 19.2 Å². The minimum absolute atomic E-state index is 0.0656. The lowest BCUT2D eigenvalue weighted by Crippen LogP contribution is -2.51. The summed E-state index contributed by atoms with van der Waals surface area (Å²) in [5.74, 6) is -2.15. The lowest BCUT2D eigenvalue weighted by atomic mass is 10.1. The first-order chi connectivity index (χ1) is 18.4. The Balaban J connectivity index is 1.85. The van der Waals surface area contributed by atoms with Crippen molar-refractivity contribution in [2.75, 3.05) is 6.61 Å². The van der Waals surface area contributed by atoms with Gasteiger partial charge in [-0.3, -0.25) is 24.8 Å². The number of aromatic amines is 1. The normalized spacial score (nSPS) is 11.6. The van der Waals surface area contributed by atoms with Crippen molar-refractivity contribution in [3.63, 3.8) is 0 Å². The summed E-state index contributed by atoms with van der Waals surface area (Å²) in [7, 11) is 0. The van der Waals surface area contributed by atoms with Gasteiger partial charge < -0.3 is 15.5 Å². The number of aromatic nitrogens is 2. The van der Waals surface area contributed by atoms with Gasteiger partial charge in [-0.05, 0) is 49.6 Å². The maximum Gasteiger partial charge on any atom is 0.330 e. The minimum Gasteiger partial charge on any atom is -0.463 e. The molecule has 0 fully saturated rings. The molecule has 3 amide bonds. The predicted octanol–water partition coefficient (Wildman–Crippen LogP) is 2.94. The first-order valence-electron chi connectivity index (χ1n) is 12.3. The van der Waals surface area contributed by atoms with Crippen molar-refractivity contribution >= 4 is 23.7 Å². The number of aryl methyl sites for hydroxylation is 1. The first kappa shape index (κ1) is 27.9. The smallest absolute Gasteiger partial charge is 0.330 e. The second-order valence-electron chi connectivity index (χ2n) is 8.40. The molecule has 1 aromatic carbocycles. The van der Waals surface area contributed by atoms with E-state index >= 15 is 0 Å². The number of amides is 3. The summed E-state index contributed by atoms with van der Waals surface area (Å²) in [6.45, 7) is 1.85. The summed E-state index contributed by atoms with van der Waals surface area (Å²) in [6, 6.07) is 15.6. The molecule has 3 rings (SSSR count). The van der Waals surface area contributed by atoms with E-state index < -0.39 is 29.7 Å². The Morgan fingerprint density at radius 1 is 1.08 bits per heavy atom. The number of H-pyrrole nitrogens is 1. The highest BCUT2D eigenvalue weighted by Gasteiger charge is 2.25. The fourth-order valence-electron chi connectivity index (χ4n) is 3.72. The minimum atomic E-state index is -0.827. The third-order valence-corrected chi connectivity index (χ3v) is 5.62. The van der Waals surface area contributed by atoms with Crippen molar-refractivity contribution in [2.45, 2.75) is 38.6 Å². The van der Waals surface area contributed by atoms with Crippen LogP contribution in [0, 0.1) is 0 Å². The Bertz CT molecular complexity index is 1260. The number of nitrogens with one attached hydrogen (secondary N) is 2. The Morgan fingerprint density at radius 2 is 1.87 bits per heavy atom. The number of hydrogen-bond donors (Lipinski definition) is 3. The van der Waals surface area contributed by atoms with Crippen LogP contribution in [0.1, 0.15) is 42.2 Å². The fourth-order valence-corrected chi connectivity index (χ4v) is 3.72. The molecule has 2 aromatic heterocycles. The fraction of sp³-hybridized carbons (Fsp3) is 0.250. The molecular formula is C28H31N5O5. The Labute approximate surface area is 220 Å². The van der Waals surface area contributed by atoms with Gasteiger partial charge in [0, 0.05) is 42.6 Å². The third-order valence-electron chi connectivity index (χ3n) is 5.62. The molecule has 0 saturated carbocycles. The second kappa shape index (κ2) is 14.1.